The minimum absolute atomic E-state index is 0.154. The lowest BCUT2D eigenvalue weighted by Gasteiger charge is -2.27. The molecule has 0 radical (unpaired) electrons. The average molecular weight is 436 g/mol. The molecule has 158 valence electrons. The Kier molecular flexibility index (Phi) is 4.98. The minimum atomic E-state index is -3.87. The second-order valence-electron chi connectivity index (χ2n) is 7.77. The van der Waals surface area contributed by atoms with Crippen molar-refractivity contribution in [2.45, 2.75) is 24.2 Å². The fraction of sp³-hybridized carbons (Fsp3) is 0.208. The van der Waals surface area contributed by atoms with E-state index in [1.165, 1.54) is 43.5 Å². The van der Waals surface area contributed by atoms with Gasteiger partial charge in [-0.2, -0.15) is 0 Å². The van der Waals surface area contributed by atoms with Crippen LogP contribution in [0.15, 0.2) is 78.0 Å². The highest BCUT2D eigenvalue weighted by Crippen LogP contribution is 2.34. The normalized spacial score (nSPS) is 14.8. The molecule has 0 amide bonds. The topological polar surface area (TPSA) is 55.2 Å². The lowest BCUT2D eigenvalue weighted by atomic mass is 10.1. The number of piperidine rings is 1. The molecular weight excluding hydrogens is 413 g/mol. The number of fused-ring (bicyclic) bond motifs is 1. The van der Waals surface area contributed by atoms with Crippen molar-refractivity contribution in [3.63, 3.8) is 0 Å². The molecule has 2 aromatic carbocycles. The number of rotatable bonds is 4. The number of hydrogen-bond donors (Lipinski definition) is 0. The molecule has 0 atom stereocenters. The predicted molar refractivity (Wildman–Crippen MR) is 120 cm³/mol. The third-order valence-corrected chi connectivity index (χ3v) is 7.46. The van der Waals surface area contributed by atoms with E-state index < -0.39 is 15.8 Å². The summed E-state index contributed by atoms with van der Waals surface area (Å²) in [5.74, 6) is 0.440. The molecule has 5 rings (SSSR count). The number of halogens is 1. The van der Waals surface area contributed by atoms with Crippen molar-refractivity contribution in [3.05, 3.63) is 78.9 Å². The van der Waals surface area contributed by atoms with Gasteiger partial charge in [-0.15, -0.1) is 0 Å². The Morgan fingerprint density at radius 3 is 2.39 bits per heavy atom. The van der Waals surface area contributed by atoms with Crippen molar-refractivity contribution in [3.8, 4) is 11.1 Å². The van der Waals surface area contributed by atoms with Gasteiger partial charge < -0.3 is 4.90 Å². The Hall–Kier alpha value is -3.19. The second kappa shape index (κ2) is 7.81. The van der Waals surface area contributed by atoms with Crippen molar-refractivity contribution in [2.24, 2.45) is 0 Å². The summed E-state index contributed by atoms with van der Waals surface area (Å²) in [7, 11) is -3.87. The zero-order chi connectivity index (χ0) is 21.4. The molecule has 0 N–H and O–H groups in total. The highest BCUT2D eigenvalue weighted by molar-refractivity contribution is 7.90. The summed E-state index contributed by atoms with van der Waals surface area (Å²) >= 11 is 0. The van der Waals surface area contributed by atoms with Crippen LogP contribution in [0.3, 0.4) is 0 Å². The standard InChI is InChI=1S/C24H22FN3O2S/c25-19-10-11-21-22(18-9-12-24(26-16-18)27-13-5-2-6-14-27)17-28(23(21)15-19)31(29,30)20-7-3-1-4-8-20/h1,3-4,7-12,15-17H,2,5-6,13-14H2. The number of benzene rings is 2. The van der Waals surface area contributed by atoms with Gasteiger partial charge in [0.25, 0.3) is 10.0 Å². The molecule has 0 unspecified atom stereocenters. The molecule has 2 aromatic heterocycles. The van der Waals surface area contributed by atoms with Crippen molar-refractivity contribution in [1.29, 1.82) is 0 Å². The molecule has 5 nitrogen and oxygen atoms in total. The van der Waals surface area contributed by atoms with Crippen LogP contribution in [0.2, 0.25) is 0 Å². The molecule has 0 bridgehead atoms. The van der Waals surface area contributed by atoms with E-state index >= 15 is 0 Å². The molecule has 3 heterocycles. The number of aromatic nitrogens is 2. The third-order valence-electron chi connectivity index (χ3n) is 5.77. The number of pyridine rings is 1. The van der Waals surface area contributed by atoms with E-state index in [9.17, 15) is 12.8 Å². The number of anilines is 1. The molecule has 1 fully saturated rings. The summed E-state index contributed by atoms with van der Waals surface area (Å²) in [6, 6.07) is 16.3. The maximum Gasteiger partial charge on any atom is 0.268 e. The maximum atomic E-state index is 14.1. The van der Waals surface area contributed by atoms with E-state index in [0.29, 0.717) is 16.5 Å². The second-order valence-corrected chi connectivity index (χ2v) is 9.59. The van der Waals surface area contributed by atoms with Crippen LogP contribution in [0.1, 0.15) is 19.3 Å². The lowest BCUT2D eigenvalue weighted by molar-refractivity contribution is 0.573. The van der Waals surface area contributed by atoms with Crippen molar-refractivity contribution in [2.75, 3.05) is 18.0 Å². The van der Waals surface area contributed by atoms with Gasteiger partial charge in [-0.3, -0.25) is 0 Å². The predicted octanol–water partition coefficient (Wildman–Crippen LogP) is 5.07. The van der Waals surface area contributed by atoms with Gasteiger partial charge in [0.2, 0.25) is 0 Å². The van der Waals surface area contributed by atoms with E-state index in [0.717, 1.165) is 28.4 Å². The van der Waals surface area contributed by atoms with E-state index in [1.54, 1.807) is 36.7 Å². The van der Waals surface area contributed by atoms with E-state index in [2.05, 4.69) is 9.88 Å². The van der Waals surface area contributed by atoms with Gasteiger partial charge in [-0.25, -0.2) is 21.8 Å². The van der Waals surface area contributed by atoms with E-state index in [1.807, 2.05) is 12.1 Å². The summed E-state index contributed by atoms with van der Waals surface area (Å²) < 4.78 is 41.8. The molecule has 0 saturated carbocycles. The van der Waals surface area contributed by atoms with Gasteiger partial charge in [0, 0.05) is 42.0 Å². The van der Waals surface area contributed by atoms with Crippen molar-refractivity contribution < 1.29 is 12.8 Å². The van der Waals surface area contributed by atoms with Crippen molar-refractivity contribution in [1.82, 2.24) is 8.96 Å². The largest absolute Gasteiger partial charge is 0.357 e. The minimum Gasteiger partial charge on any atom is -0.357 e. The van der Waals surface area contributed by atoms with Gasteiger partial charge in [0.15, 0.2) is 0 Å². The lowest BCUT2D eigenvalue weighted by Crippen LogP contribution is -2.29. The summed E-state index contributed by atoms with van der Waals surface area (Å²) in [6.45, 7) is 2.00. The molecule has 31 heavy (non-hydrogen) atoms. The van der Waals surface area contributed by atoms with Crippen LogP contribution in [0.5, 0.6) is 0 Å². The third kappa shape index (κ3) is 3.59. The van der Waals surface area contributed by atoms with Gasteiger partial charge in [0.1, 0.15) is 11.6 Å². The highest BCUT2D eigenvalue weighted by atomic mass is 32.2. The molecule has 0 spiro atoms. The Morgan fingerprint density at radius 1 is 0.903 bits per heavy atom. The first-order valence-electron chi connectivity index (χ1n) is 10.4. The Labute approximate surface area is 180 Å². The first-order valence-corrected chi connectivity index (χ1v) is 11.8. The molecular formula is C24H22FN3O2S. The molecule has 7 heteroatoms. The van der Waals surface area contributed by atoms with Gasteiger partial charge in [-0.05, 0) is 61.7 Å². The van der Waals surface area contributed by atoms with E-state index in [4.69, 9.17) is 0 Å². The fourth-order valence-corrected chi connectivity index (χ4v) is 5.54. The molecule has 1 aliphatic heterocycles. The van der Waals surface area contributed by atoms with Gasteiger partial charge in [0.05, 0.1) is 10.4 Å². The van der Waals surface area contributed by atoms with Crippen LogP contribution in [0.25, 0.3) is 22.0 Å². The van der Waals surface area contributed by atoms with Crippen LogP contribution in [0, 0.1) is 5.82 Å². The maximum absolute atomic E-state index is 14.1. The van der Waals surface area contributed by atoms with Crippen molar-refractivity contribution >= 4 is 26.7 Å². The van der Waals surface area contributed by atoms with Crippen LogP contribution in [-0.2, 0) is 10.0 Å². The summed E-state index contributed by atoms with van der Waals surface area (Å²) in [5.41, 5.74) is 1.80. The zero-order valence-corrected chi connectivity index (χ0v) is 17.7. The summed E-state index contributed by atoms with van der Waals surface area (Å²) in [4.78, 5) is 7.05. The SMILES string of the molecule is O=S(=O)(c1ccccc1)n1cc(-c2ccc(N3CCCCC3)nc2)c2ccc(F)cc21. The first-order chi connectivity index (χ1) is 15.0. The van der Waals surface area contributed by atoms with Crippen LogP contribution < -0.4 is 4.90 Å². The summed E-state index contributed by atoms with van der Waals surface area (Å²) in [5, 5.41) is 0.661. The molecule has 4 aromatic rings. The average Bonchev–Trinajstić information content (AvgIpc) is 3.20. The smallest absolute Gasteiger partial charge is 0.268 e. The Morgan fingerprint density at radius 2 is 1.68 bits per heavy atom. The first kappa shape index (κ1) is 19.8. The monoisotopic (exact) mass is 435 g/mol. The molecule has 1 saturated heterocycles. The number of nitrogens with zero attached hydrogens (tertiary/aromatic N) is 3. The number of hydrogen-bond acceptors (Lipinski definition) is 4. The highest BCUT2D eigenvalue weighted by Gasteiger charge is 2.22. The summed E-state index contributed by atoms with van der Waals surface area (Å²) in [6.07, 6.45) is 6.91. The molecule has 1 aliphatic rings. The Bertz CT molecular complexity index is 1330. The van der Waals surface area contributed by atoms with Gasteiger partial charge in [-0.1, -0.05) is 18.2 Å². The van der Waals surface area contributed by atoms with Crippen LogP contribution >= 0.6 is 0 Å². The molecule has 0 aliphatic carbocycles. The van der Waals surface area contributed by atoms with Gasteiger partial charge >= 0.3 is 0 Å². The fourth-order valence-electron chi connectivity index (χ4n) is 4.16. The van der Waals surface area contributed by atoms with Crippen LogP contribution in [0.4, 0.5) is 10.2 Å². The Balaban J connectivity index is 1.62. The van der Waals surface area contributed by atoms with Crippen LogP contribution in [-0.4, -0.2) is 30.5 Å². The van der Waals surface area contributed by atoms with E-state index in [-0.39, 0.29) is 4.90 Å². The quantitative estimate of drug-likeness (QED) is 0.449. The zero-order valence-electron chi connectivity index (χ0n) is 16.9.